The molecular weight excluding hydrogens is 289 g/mol. The van der Waals surface area contributed by atoms with E-state index in [0.29, 0.717) is 10.7 Å². The predicted molar refractivity (Wildman–Crippen MR) is 69.5 cm³/mol. The standard InChI is InChI=1S/C9H5BrClN3.C2H6/c1-14-9(4-12)5-2-6(10)7(11)3-8(5)13-14;1-2/h2-3H,1H3;1-2H3. The summed E-state index contributed by atoms with van der Waals surface area (Å²) in [6.07, 6.45) is 0. The van der Waals surface area contributed by atoms with Crippen LogP contribution in [-0.4, -0.2) is 9.78 Å². The summed E-state index contributed by atoms with van der Waals surface area (Å²) < 4.78 is 2.32. The molecule has 2 rings (SSSR count). The van der Waals surface area contributed by atoms with Gasteiger partial charge in [-0.2, -0.15) is 10.4 Å². The van der Waals surface area contributed by atoms with E-state index in [1.165, 1.54) is 0 Å². The van der Waals surface area contributed by atoms with Crippen molar-refractivity contribution >= 4 is 38.4 Å². The second-order valence-electron chi connectivity index (χ2n) is 2.87. The smallest absolute Gasteiger partial charge is 0.146 e. The minimum atomic E-state index is 0.539. The zero-order valence-electron chi connectivity index (χ0n) is 9.25. The highest BCUT2D eigenvalue weighted by Gasteiger charge is 2.10. The Morgan fingerprint density at radius 3 is 2.62 bits per heavy atom. The van der Waals surface area contributed by atoms with Crippen molar-refractivity contribution in [1.82, 2.24) is 9.78 Å². The van der Waals surface area contributed by atoms with E-state index in [1.54, 1.807) is 17.8 Å². The molecule has 0 aliphatic carbocycles. The molecule has 0 spiro atoms. The first-order chi connectivity index (χ1) is 7.63. The fourth-order valence-electron chi connectivity index (χ4n) is 1.33. The molecule has 84 valence electrons. The molecule has 0 aliphatic heterocycles. The zero-order valence-corrected chi connectivity index (χ0v) is 11.6. The number of halogens is 2. The van der Waals surface area contributed by atoms with Gasteiger partial charge in [-0.3, -0.25) is 4.68 Å². The molecule has 0 fully saturated rings. The van der Waals surface area contributed by atoms with Gasteiger partial charge in [0.1, 0.15) is 11.8 Å². The van der Waals surface area contributed by atoms with Gasteiger partial charge in [0, 0.05) is 16.9 Å². The third-order valence-corrected chi connectivity index (χ3v) is 3.18. The summed E-state index contributed by atoms with van der Waals surface area (Å²) in [6.45, 7) is 4.00. The van der Waals surface area contributed by atoms with E-state index in [0.717, 1.165) is 15.4 Å². The normalized spacial score (nSPS) is 9.50. The Morgan fingerprint density at radius 1 is 1.44 bits per heavy atom. The van der Waals surface area contributed by atoms with Crippen molar-refractivity contribution in [3.05, 3.63) is 27.3 Å². The first-order valence-electron chi connectivity index (χ1n) is 4.85. The second kappa shape index (κ2) is 5.33. The maximum Gasteiger partial charge on any atom is 0.146 e. The Bertz CT molecular complexity index is 554. The highest BCUT2D eigenvalue weighted by molar-refractivity contribution is 9.10. The quantitative estimate of drug-likeness (QED) is 0.740. The molecule has 0 unspecified atom stereocenters. The van der Waals surface area contributed by atoms with E-state index in [4.69, 9.17) is 16.9 Å². The van der Waals surface area contributed by atoms with Gasteiger partial charge in [-0.05, 0) is 28.1 Å². The molecule has 1 aromatic carbocycles. The maximum absolute atomic E-state index is 8.91. The number of nitrogens with zero attached hydrogens (tertiary/aromatic N) is 3. The van der Waals surface area contributed by atoms with Crippen LogP contribution in [0.3, 0.4) is 0 Å². The molecule has 0 atom stereocenters. The Morgan fingerprint density at radius 2 is 2.06 bits per heavy atom. The minimum Gasteiger partial charge on any atom is -0.257 e. The molecule has 1 aromatic heterocycles. The molecule has 0 aliphatic rings. The first kappa shape index (κ1) is 13.0. The van der Waals surface area contributed by atoms with Crippen LogP contribution in [0.5, 0.6) is 0 Å². The van der Waals surface area contributed by atoms with E-state index >= 15 is 0 Å². The molecule has 0 radical (unpaired) electrons. The van der Waals surface area contributed by atoms with Gasteiger partial charge < -0.3 is 0 Å². The van der Waals surface area contributed by atoms with E-state index < -0.39 is 0 Å². The van der Waals surface area contributed by atoms with Crippen molar-refractivity contribution in [3.63, 3.8) is 0 Å². The van der Waals surface area contributed by atoms with Gasteiger partial charge in [-0.15, -0.1) is 0 Å². The topological polar surface area (TPSA) is 41.6 Å². The van der Waals surface area contributed by atoms with Crippen LogP contribution < -0.4 is 0 Å². The highest BCUT2D eigenvalue weighted by Crippen LogP contribution is 2.29. The van der Waals surface area contributed by atoms with Crippen LogP contribution >= 0.6 is 27.5 Å². The van der Waals surface area contributed by atoms with Gasteiger partial charge in [0.15, 0.2) is 0 Å². The van der Waals surface area contributed by atoms with Crippen LogP contribution in [0.4, 0.5) is 0 Å². The number of rotatable bonds is 0. The maximum atomic E-state index is 8.91. The molecule has 0 amide bonds. The zero-order chi connectivity index (χ0) is 12.3. The van der Waals surface area contributed by atoms with Gasteiger partial charge in [0.05, 0.1) is 10.5 Å². The van der Waals surface area contributed by atoms with Gasteiger partial charge in [-0.25, -0.2) is 0 Å². The van der Waals surface area contributed by atoms with Crippen LogP contribution in [0.2, 0.25) is 5.02 Å². The lowest BCUT2D eigenvalue weighted by atomic mass is 10.2. The molecule has 3 nitrogen and oxygen atoms in total. The summed E-state index contributed by atoms with van der Waals surface area (Å²) in [5, 5.41) is 14.5. The monoisotopic (exact) mass is 299 g/mol. The number of aromatic nitrogens is 2. The summed E-state index contributed by atoms with van der Waals surface area (Å²) in [5.74, 6) is 0. The fraction of sp³-hybridized carbons (Fsp3) is 0.273. The van der Waals surface area contributed by atoms with Crippen LogP contribution in [0.25, 0.3) is 10.9 Å². The largest absolute Gasteiger partial charge is 0.257 e. The number of benzene rings is 1. The highest BCUT2D eigenvalue weighted by atomic mass is 79.9. The molecule has 16 heavy (non-hydrogen) atoms. The average Bonchev–Trinajstić information content (AvgIpc) is 2.57. The van der Waals surface area contributed by atoms with Crippen LogP contribution in [0.15, 0.2) is 16.6 Å². The molecule has 1 heterocycles. The summed E-state index contributed by atoms with van der Waals surface area (Å²) in [6, 6.07) is 5.65. The number of hydrogen-bond donors (Lipinski definition) is 0. The molecule has 5 heteroatoms. The van der Waals surface area contributed by atoms with Gasteiger partial charge in [0.25, 0.3) is 0 Å². The summed E-state index contributed by atoms with van der Waals surface area (Å²) in [4.78, 5) is 0. The molecular formula is C11H11BrClN3. The number of fused-ring (bicyclic) bond motifs is 1. The Labute approximate surface area is 108 Å². The summed E-state index contributed by atoms with van der Waals surface area (Å²) >= 11 is 9.22. The lowest BCUT2D eigenvalue weighted by Crippen LogP contribution is -1.92. The van der Waals surface area contributed by atoms with Crippen molar-refractivity contribution in [1.29, 1.82) is 5.26 Å². The molecule has 0 saturated carbocycles. The fourth-order valence-corrected chi connectivity index (χ4v) is 1.83. The van der Waals surface area contributed by atoms with Crippen LogP contribution in [0, 0.1) is 11.3 Å². The van der Waals surface area contributed by atoms with E-state index in [-0.39, 0.29) is 0 Å². The molecule has 2 aromatic rings. The van der Waals surface area contributed by atoms with Crippen molar-refractivity contribution < 1.29 is 0 Å². The minimum absolute atomic E-state index is 0.539. The molecule has 0 N–H and O–H groups in total. The van der Waals surface area contributed by atoms with Crippen molar-refractivity contribution in [2.45, 2.75) is 13.8 Å². The third-order valence-electron chi connectivity index (χ3n) is 1.98. The lowest BCUT2D eigenvalue weighted by molar-refractivity contribution is 0.767. The Balaban J connectivity index is 0.000000606. The second-order valence-corrected chi connectivity index (χ2v) is 4.13. The van der Waals surface area contributed by atoms with Crippen molar-refractivity contribution in [2.24, 2.45) is 7.05 Å². The first-order valence-corrected chi connectivity index (χ1v) is 6.02. The Kier molecular flexibility index (Phi) is 4.34. The van der Waals surface area contributed by atoms with E-state index in [2.05, 4.69) is 27.1 Å². The van der Waals surface area contributed by atoms with E-state index in [1.807, 2.05) is 19.9 Å². The molecule has 0 saturated heterocycles. The van der Waals surface area contributed by atoms with Gasteiger partial charge in [-0.1, -0.05) is 25.4 Å². The lowest BCUT2D eigenvalue weighted by Gasteiger charge is -1.94. The van der Waals surface area contributed by atoms with Crippen molar-refractivity contribution in [3.8, 4) is 6.07 Å². The van der Waals surface area contributed by atoms with Crippen molar-refractivity contribution in [2.75, 3.05) is 0 Å². The van der Waals surface area contributed by atoms with Gasteiger partial charge in [0.2, 0.25) is 0 Å². The summed E-state index contributed by atoms with van der Waals surface area (Å²) in [7, 11) is 1.74. The van der Waals surface area contributed by atoms with Gasteiger partial charge >= 0.3 is 0 Å². The number of nitriles is 1. The van der Waals surface area contributed by atoms with Crippen LogP contribution in [-0.2, 0) is 7.05 Å². The SMILES string of the molecule is CC.Cn1nc2cc(Cl)c(Br)cc2c1C#N. The van der Waals surface area contributed by atoms with Crippen LogP contribution in [0.1, 0.15) is 19.5 Å². The Hall–Kier alpha value is -1.05. The predicted octanol–water partition coefficient (Wildman–Crippen LogP) is 3.89. The average molecular weight is 301 g/mol. The van der Waals surface area contributed by atoms with E-state index in [9.17, 15) is 0 Å². The number of aryl methyl sites for hydroxylation is 1. The number of hydrogen-bond acceptors (Lipinski definition) is 2. The molecule has 0 bridgehead atoms. The third kappa shape index (κ3) is 2.21. The summed E-state index contributed by atoms with van der Waals surface area (Å²) in [5.41, 5.74) is 1.27.